The molecule has 0 unspecified atom stereocenters. The molecule has 0 saturated carbocycles. The first-order valence-electron chi connectivity index (χ1n) is 9.56. The Morgan fingerprint density at radius 3 is 2.48 bits per heavy atom. The molecule has 1 N–H and O–H groups in total. The van der Waals surface area contributed by atoms with E-state index in [9.17, 15) is 41.6 Å². The Balaban J connectivity index is 1.85. The number of benzene rings is 2. The smallest absolute Gasteiger partial charge is 0.485 e. The third-order valence-electron chi connectivity index (χ3n) is 5.77. The Hall–Kier alpha value is -3.19. The molecule has 2 aromatic carbocycles. The van der Waals surface area contributed by atoms with Crippen LogP contribution in [0.3, 0.4) is 0 Å². The Morgan fingerprint density at radius 2 is 1.88 bits per heavy atom. The van der Waals surface area contributed by atoms with Crippen molar-refractivity contribution in [3.05, 3.63) is 63.2 Å². The topological polar surface area (TPSA) is 127 Å². The number of nitro groups is 1. The number of nitrogens with zero attached hydrogens (tertiary/aromatic N) is 2. The number of carbonyl (C=O) groups excluding carboxylic acids is 1. The van der Waals surface area contributed by atoms with Gasteiger partial charge in [-0.2, -0.15) is 13.2 Å². The maximum atomic E-state index is 13.1. The Morgan fingerprint density at radius 1 is 1.21 bits per heavy atom. The minimum absolute atomic E-state index is 0.00570. The molecule has 0 fully saturated rings. The zero-order valence-electron chi connectivity index (χ0n) is 17.2. The van der Waals surface area contributed by atoms with Gasteiger partial charge >= 0.3 is 5.51 Å². The lowest BCUT2D eigenvalue weighted by Gasteiger charge is -2.45. The molecule has 0 aromatic heterocycles. The molecule has 33 heavy (non-hydrogen) atoms. The van der Waals surface area contributed by atoms with Gasteiger partial charge in [0.15, 0.2) is 0 Å². The fourth-order valence-electron chi connectivity index (χ4n) is 4.03. The zero-order chi connectivity index (χ0) is 24.5. The summed E-state index contributed by atoms with van der Waals surface area (Å²) >= 11 is 0. The molecule has 4 rings (SSSR count). The summed E-state index contributed by atoms with van der Waals surface area (Å²) in [6.07, 6.45) is -1.46. The second kappa shape index (κ2) is 7.15. The number of carbonyl (C=O) groups is 1. The van der Waals surface area contributed by atoms with Crippen LogP contribution in [0, 0.1) is 10.1 Å². The molecule has 9 nitrogen and oxygen atoms in total. The number of amides is 1. The maximum Gasteiger partial charge on any atom is 0.501 e. The molecule has 2 aromatic rings. The number of aliphatic hydroxyl groups excluding tert-OH is 1. The van der Waals surface area contributed by atoms with Crippen LogP contribution in [-0.2, 0) is 16.4 Å². The van der Waals surface area contributed by atoms with Crippen molar-refractivity contribution in [3.8, 4) is 5.75 Å². The number of fused-ring (bicyclic) bond motifs is 2. The summed E-state index contributed by atoms with van der Waals surface area (Å²) < 4.78 is 68.9. The molecule has 0 spiro atoms. The molecule has 2 aliphatic heterocycles. The highest BCUT2D eigenvalue weighted by atomic mass is 32.2. The summed E-state index contributed by atoms with van der Waals surface area (Å²) in [6, 6.07) is 4.94. The number of sulfone groups is 1. The first kappa shape index (κ1) is 23.0. The molecule has 2 aliphatic rings. The number of rotatable bonds is 3. The van der Waals surface area contributed by atoms with E-state index in [1.54, 1.807) is 0 Å². The molecule has 0 bridgehead atoms. The molecular formula is C20H17F3N2O7S. The van der Waals surface area contributed by atoms with Crippen molar-refractivity contribution in [2.75, 3.05) is 0 Å². The number of hydrogen-bond donors (Lipinski definition) is 1. The molecule has 1 amide bonds. The SMILES string of the molecule is CC1(C)Oc2ccc(S(=O)(=O)C(F)(F)F)cc2[C@H](N2Cc3ccc([N+](=O)[O-])cc3C2=O)[C@H]1O. The highest BCUT2D eigenvalue weighted by Gasteiger charge is 2.51. The van der Waals surface area contributed by atoms with Crippen LogP contribution >= 0.6 is 0 Å². The number of halogens is 3. The molecule has 0 saturated heterocycles. The van der Waals surface area contributed by atoms with E-state index in [-0.39, 0.29) is 29.1 Å². The monoisotopic (exact) mass is 486 g/mol. The average molecular weight is 486 g/mol. The maximum absolute atomic E-state index is 13.1. The molecule has 176 valence electrons. The van der Waals surface area contributed by atoms with Crippen LogP contribution in [0.15, 0.2) is 41.3 Å². The second-order valence-electron chi connectivity index (χ2n) is 8.28. The van der Waals surface area contributed by atoms with Gasteiger partial charge in [-0.25, -0.2) is 8.42 Å². The van der Waals surface area contributed by atoms with E-state index in [1.165, 1.54) is 26.0 Å². The number of ether oxygens (including phenoxy) is 1. The lowest BCUT2D eigenvalue weighted by Crippen LogP contribution is -2.53. The highest BCUT2D eigenvalue weighted by molar-refractivity contribution is 7.92. The van der Waals surface area contributed by atoms with E-state index in [2.05, 4.69) is 0 Å². The van der Waals surface area contributed by atoms with E-state index >= 15 is 0 Å². The van der Waals surface area contributed by atoms with Crippen molar-refractivity contribution in [1.82, 2.24) is 4.90 Å². The summed E-state index contributed by atoms with van der Waals surface area (Å²) in [5.74, 6) is -0.684. The lowest BCUT2D eigenvalue weighted by molar-refractivity contribution is -0.384. The number of aliphatic hydroxyl groups is 1. The third-order valence-corrected chi connectivity index (χ3v) is 7.26. The van der Waals surface area contributed by atoms with Gasteiger partial charge in [0.1, 0.15) is 17.5 Å². The highest BCUT2D eigenvalue weighted by Crippen LogP contribution is 2.47. The minimum atomic E-state index is -5.70. The van der Waals surface area contributed by atoms with Gasteiger partial charge in [0, 0.05) is 24.2 Å². The number of hydrogen-bond acceptors (Lipinski definition) is 7. The summed E-state index contributed by atoms with van der Waals surface area (Å²) in [6.45, 7) is 2.92. The van der Waals surface area contributed by atoms with E-state index in [0.29, 0.717) is 5.56 Å². The van der Waals surface area contributed by atoms with Gasteiger partial charge in [-0.15, -0.1) is 0 Å². The Bertz CT molecular complexity index is 1290. The van der Waals surface area contributed by atoms with Crippen molar-refractivity contribution < 1.29 is 41.2 Å². The van der Waals surface area contributed by atoms with Gasteiger partial charge in [-0.05, 0) is 43.7 Å². The second-order valence-corrected chi connectivity index (χ2v) is 10.2. The number of non-ortho nitro benzene ring substituents is 1. The van der Waals surface area contributed by atoms with Gasteiger partial charge in [-0.1, -0.05) is 0 Å². The predicted molar refractivity (Wildman–Crippen MR) is 106 cm³/mol. The molecule has 2 heterocycles. The van der Waals surface area contributed by atoms with E-state index < -0.39 is 48.8 Å². The van der Waals surface area contributed by atoms with E-state index in [0.717, 1.165) is 29.2 Å². The molecule has 0 aliphatic carbocycles. The van der Waals surface area contributed by atoms with Gasteiger partial charge in [0.2, 0.25) is 0 Å². The van der Waals surface area contributed by atoms with Crippen LogP contribution in [0.25, 0.3) is 0 Å². The fourth-order valence-corrected chi connectivity index (χ4v) is 4.83. The molecule has 13 heteroatoms. The van der Waals surface area contributed by atoms with E-state index in [4.69, 9.17) is 4.74 Å². The van der Waals surface area contributed by atoms with Crippen molar-refractivity contribution in [2.24, 2.45) is 0 Å². The Labute approximate surface area is 185 Å². The summed E-state index contributed by atoms with van der Waals surface area (Å²) in [4.78, 5) is 23.6. The normalized spacial score (nSPS) is 21.9. The lowest BCUT2D eigenvalue weighted by atomic mass is 9.85. The quantitative estimate of drug-likeness (QED) is 0.522. The van der Waals surface area contributed by atoms with Crippen LogP contribution < -0.4 is 4.74 Å². The van der Waals surface area contributed by atoms with Crippen LogP contribution in [0.4, 0.5) is 18.9 Å². The van der Waals surface area contributed by atoms with Crippen molar-refractivity contribution in [2.45, 2.75) is 48.5 Å². The predicted octanol–water partition coefficient (Wildman–Crippen LogP) is 3.12. The van der Waals surface area contributed by atoms with Crippen LogP contribution in [0.5, 0.6) is 5.75 Å². The largest absolute Gasteiger partial charge is 0.501 e. The first-order chi connectivity index (χ1) is 15.1. The summed E-state index contributed by atoms with van der Waals surface area (Å²) in [7, 11) is -5.70. The van der Waals surface area contributed by atoms with Crippen LogP contribution in [0.1, 0.15) is 41.4 Å². The summed E-state index contributed by atoms with van der Waals surface area (Å²) in [5.41, 5.74) is -6.85. The minimum Gasteiger partial charge on any atom is -0.485 e. The first-order valence-corrected chi connectivity index (χ1v) is 11.0. The molecule has 0 radical (unpaired) electrons. The van der Waals surface area contributed by atoms with E-state index in [1.807, 2.05) is 0 Å². The van der Waals surface area contributed by atoms with Crippen molar-refractivity contribution >= 4 is 21.4 Å². The van der Waals surface area contributed by atoms with Gasteiger partial charge in [0.05, 0.1) is 21.4 Å². The van der Waals surface area contributed by atoms with Crippen molar-refractivity contribution in [3.63, 3.8) is 0 Å². The van der Waals surface area contributed by atoms with Gasteiger partial charge in [-0.3, -0.25) is 14.9 Å². The molecular weight excluding hydrogens is 469 g/mol. The zero-order valence-corrected chi connectivity index (χ0v) is 18.0. The Kier molecular flexibility index (Phi) is 4.98. The van der Waals surface area contributed by atoms with Crippen molar-refractivity contribution in [1.29, 1.82) is 0 Å². The number of alkyl halides is 3. The average Bonchev–Trinajstić information content (AvgIpc) is 3.03. The van der Waals surface area contributed by atoms with Gasteiger partial charge < -0.3 is 14.7 Å². The fraction of sp³-hybridized carbons (Fsp3) is 0.350. The third kappa shape index (κ3) is 3.51. The van der Waals surface area contributed by atoms with Crippen LogP contribution in [0.2, 0.25) is 0 Å². The van der Waals surface area contributed by atoms with Gasteiger partial charge in [0.25, 0.3) is 21.4 Å². The van der Waals surface area contributed by atoms with Crippen LogP contribution in [-0.4, -0.2) is 46.5 Å². The standard InChI is InChI=1S/C20H17F3N2O7S/c1-19(2)17(26)16(24-9-10-3-4-11(25(28)29)7-13(10)18(24)27)14-8-12(5-6-15(14)32-19)33(30,31)20(21,22)23/h3-8,16-17,26H,9H2,1-2H3/t16-,17+/m0/s1. The number of nitro benzene ring substituents is 1. The molecule has 2 atom stereocenters. The summed E-state index contributed by atoms with van der Waals surface area (Å²) in [5, 5.41) is 22.1.